The lowest BCUT2D eigenvalue weighted by Crippen LogP contribution is -1.97. The van der Waals surface area contributed by atoms with Gasteiger partial charge in [0.15, 0.2) is 0 Å². The van der Waals surface area contributed by atoms with E-state index in [1.54, 1.807) is 0 Å². The van der Waals surface area contributed by atoms with E-state index in [4.69, 9.17) is 16.3 Å². The summed E-state index contributed by atoms with van der Waals surface area (Å²) >= 11 is 5.91. The van der Waals surface area contributed by atoms with Crippen LogP contribution in [0.3, 0.4) is 0 Å². The first-order valence-corrected chi connectivity index (χ1v) is 8.59. The van der Waals surface area contributed by atoms with Crippen molar-refractivity contribution in [2.75, 3.05) is 6.61 Å². The molecule has 0 bridgehead atoms. The van der Waals surface area contributed by atoms with Crippen LogP contribution >= 0.6 is 11.6 Å². The fourth-order valence-electron chi connectivity index (χ4n) is 2.34. The summed E-state index contributed by atoms with van der Waals surface area (Å²) in [6, 6.07) is 7.63. The molecule has 2 heteroatoms. The lowest BCUT2D eigenvalue weighted by Gasteiger charge is -2.06. The van der Waals surface area contributed by atoms with Crippen molar-refractivity contribution in [2.45, 2.75) is 71.1 Å². The van der Waals surface area contributed by atoms with Crippen LogP contribution in [0.5, 0.6) is 5.75 Å². The fraction of sp³-hybridized carbons (Fsp3) is 0.667. The molecule has 1 rings (SSSR count). The Morgan fingerprint density at radius 1 is 0.850 bits per heavy atom. The average Bonchev–Trinajstić information content (AvgIpc) is 2.45. The Labute approximate surface area is 129 Å². The van der Waals surface area contributed by atoms with E-state index in [1.807, 2.05) is 24.3 Å². The minimum Gasteiger partial charge on any atom is -0.494 e. The molecule has 0 aliphatic carbocycles. The van der Waals surface area contributed by atoms with Crippen molar-refractivity contribution in [3.05, 3.63) is 29.3 Å². The van der Waals surface area contributed by atoms with Gasteiger partial charge in [-0.2, -0.15) is 0 Å². The van der Waals surface area contributed by atoms with Crippen molar-refractivity contribution in [3.8, 4) is 5.75 Å². The van der Waals surface area contributed by atoms with E-state index in [-0.39, 0.29) is 0 Å². The van der Waals surface area contributed by atoms with Crippen molar-refractivity contribution >= 4 is 11.6 Å². The van der Waals surface area contributed by atoms with Gasteiger partial charge in [-0.15, -0.1) is 0 Å². The topological polar surface area (TPSA) is 9.23 Å². The molecule has 0 N–H and O–H groups in total. The SMILES string of the molecule is CCCCCCCCCCCCOc1cccc(Cl)c1. The number of ether oxygens (including phenoxy) is 1. The van der Waals surface area contributed by atoms with E-state index in [2.05, 4.69) is 6.92 Å². The van der Waals surface area contributed by atoms with Crippen LogP contribution < -0.4 is 4.74 Å². The van der Waals surface area contributed by atoms with E-state index in [0.717, 1.165) is 23.8 Å². The minimum atomic E-state index is 0.741. The summed E-state index contributed by atoms with van der Waals surface area (Å²) in [6.45, 7) is 3.07. The summed E-state index contributed by atoms with van der Waals surface area (Å²) in [7, 11) is 0. The van der Waals surface area contributed by atoms with Crippen LogP contribution in [0.2, 0.25) is 5.02 Å². The van der Waals surface area contributed by atoms with Crippen LogP contribution in [-0.2, 0) is 0 Å². The molecular weight excluding hydrogens is 268 g/mol. The molecule has 20 heavy (non-hydrogen) atoms. The molecule has 0 heterocycles. The molecule has 1 aromatic carbocycles. The molecule has 0 saturated carbocycles. The molecule has 0 aromatic heterocycles. The maximum atomic E-state index is 5.91. The van der Waals surface area contributed by atoms with Crippen LogP contribution in [0, 0.1) is 0 Å². The Hall–Kier alpha value is -0.690. The Morgan fingerprint density at radius 3 is 2.05 bits per heavy atom. The smallest absolute Gasteiger partial charge is 0.120 e. The molecule has 0 saturated heterocycles. The molecular formula is C18H29ClO. The highest BCUT2D eigenvalue weighted by atomic mass is 35.5. The van der Waals surface area contributed by atoms with Gasteiger partial charge in [0.2, 0.25) is 0 Å². The summed E-state index contributed by atoms with van der Waals surface area (Å²) in [4.78, 5) is 0. The van der Waals surface area contributed by atoms with Crippen LogP contribution in [0.15, 0.2) is 24.3 Å². The summed E-state index contributed by atoms with van der Waals surface area (Å²) in [6.07, 6.45) is 13.5. The summed E-state index contributed by atoms with van der Waals surface area (Å²) < 4.78 is 5.67. The normalized spacial score (nSPS) is 10.7. The molecule has 0 spiro atoms. The number of unbranched alkanes of at least 4 members (excludes halogenated alkanes) is 9. The van der Waals surface area contributed by atoms with Gasteiger partial charge >= 0.3 is 0 Å². The highest BCUT2D eigenvalue weighted by molar-refractivity contribution is 6.30. The first-order valence-electron chi connectivity index (χ1n) is 8.21. The molecule has 0 radical (unpaired) electrons. The summed E-state index contributed by atoms with van der Waals surface area (Å²) in [5, 5.41) is 0.741. The van der Waals surface area contributed by atoms with Gasteiger partial charge in [-0.05, 0) is 24.6 Å². The predicted octanol–water partition coefficient (Wildman–Crippen LogP) is 6.64. The van der Waals surface area contributed by atoms with Gasteiger partial charge in [0, 0.05) is 5.02 Å². The van der Waals surface area contributed by atoms with Crippen molar-refractivity contribution < 1.29 is 4.74 Å². The number of halogens is 1. The van der Waals surface area contributed by atoms with E-state index in [9.17, 15) is 0 Å². The molecule has 1 aromatic rings. The monoisotopic (exact) mass is 296 g/mol. The fourth-order valence-corrected chi connectivity index (χ4v) is 2.52. The summed E-state index contributed by atoms with van der Waals surface area (Å²) in [5.74, 6) is 0.883. The van der Waals surface area contributed by atoms with Crippen molar-refractivity contribution in [1.82, 2.24) is 0 Å². The third-order valence-electron chi connectivity index (χ3n) is 3.56. The Bertz CT molecular complexity index is 338. The van der Waals surface area contributed by atoms with Gasteiger partial charge < -0.3 is 4.74 Å². The first kappa shape index (κ1) is 17.4. The molecule has 0 aliphatic heterocycles. The van der Waals surface area contributed by atoms with E-state index >= 15 is 0 Å². The van der Waals surface area contributed by atoms with Crippen molar-refractivity contribution in [3.63, 3.8) is 0 Å². The molecule has 0 atom stereocenters. The van der Waals surface area contributed by atoms with Gasteiger partial charge in [0.05, 0.1) is 6.61 Å². The van der Waals surface area contributed by atoms with Gasteiger partial charge in [0.1, 0.15) is 5.75 Å². The van der Waals surface area contributed by atoms with Crippen LogP contribution in [0.25, 0.3) is 0 Å². The maximum absolute atomic E-state index is 5.91. The first-order chi connectivity index (χ1) is 9.83. The van der Waals surface area contributed by atoms with Crippen LogP contribution in [0.1, 0.15) is 71.1 Å². The number of rotatable bonds is 12. The second-order valence-corrected chi connectivity index (χ2v) is 5.92. The number of hydrogen-bond acceptors (Lipinski definition) is 1. The van der Waals surface area contributed by atoms with Gasteiger partial charge in [-0.25, -0.2) is 0 Å². The lowest BCUT2D eigenvalue weighted by atomic mass is 10.1. The Morgan fingerprint density at radius 2 is 1.45 bits per heavy atom. The lowest BCUT2D eigenvalue weighted by molar-refractivity contribution is 0.304. The van der Waals surface area contributed by atoms with Gasteiger partial charge in [-0.1, -0.05) is 82.4 Å². The zero-order valence-corrected chi connectivity index (χ0v) is 13.6. The molecule has 0 aliphatic rings. The predicted molar refractivity (Wildman–Crippen MR) is 88.8 cm³/mol. The largest absolute Gasteiger partial charge is 0.494 e. The van der Waals surface area contributed by atoms with E-state index < -0.39 is 0 Å². The Balaban J connectivity index is 1.85. The third kappa shape index (κ3) is 9.25. The Kier molecular flexibility index (Phi) is 10.5. The second-order valence-electron chi connectivity index (χ2n) is 5.49. The average molecular weight is 297 g/mol. The highest BCUT2D eigenvalue weighted by Crippen LogP contribution is 2.17. The van der Waals surface area contributed by atoms with Crippen molar-refractivity contribution in [2.24, 2.45) is 0 Å². The molecule has 0 fully saturated rings. The summed E-state index contributed by atoms with van der Waals surface area (Å²) in [5.41, 5.74) is 0. The van der Waals surface area contributed by atoms with E-state index in [1.165, 1.54) is 57.8 Å². The quantitative estimate of drug-likeness (QED) is 0.393. The van der Waals surface area contributed by atoms with Crippen molar-refractivity contribution in [1.29, 1.82) is 0 Å². The molecule has 114 valence electrons. The number of benzene rings is 1. The second kappa shape index (κ2) is 12.1. The molecule has 0 amide bonds. The zero-order valence-electron chi connectivity index (χ0n) is 12.9. The molecule has 0 unspecified atom stereocenters. The van der Waals surface area contributed by atoms with Crippen LogP contribution in [-0.4, -0.2) is 6.61 Å². The zero-order chi connectivity index (χ0) is 14.5. The van der Waals surface area contributed by atoms with Crippen LogP contribution in [0.4, 0.5) is 0 Å². The standard InChI is InChI=1S/C18H29ClO/c1-2-3-4-5-6-7-8-9-10-11-15-20-18-14-12-13-17(19)16-18/h12-14,16H,2-11,15H2,1H3. The number of hydrogen-bond donors (Lipinski definition) is 0. The van der Waals surface area contributed by atoms with Gasteiger partial charge in [0.25, 0.3) is 0 Å². The minimum absolute atomic E-state index is 0.741. The highest BCUT2D eigenvalue weighted by Gasteiger charge is 1.96. The van der Waals surface area contributed by atoms with E-state index in [0.29, 0.717) is 0 Å². The van der Waals surface area contributed by atoms with Gasteiger partial charge in [-0.3, -0.25) is 0 Å². The molecule has 1 nitrogen and oxygen atoms in total. The maximum Gasteiger partial charge on any atom is 0.120 e. The third-order valence-corrected chi connectivity index (χ3v) is 3.80.